The van der Waals surface area contributed by atoms with E-state index in [0.29, 0.717) is 17.9 Å². The number of nitrogens with one attached hydrogen (secondary N) is 1. The smallest absolute Gasteiger partial charge is 0.258 e. The molecule has 2 atom stereocenters. The lowest BCUT2D eigenvalue weighted by Gasteiger charge is -2.15. The number of sulfone groups is 1. The van der Waals surface area contributed by atoms with E-state index in [1.54, 1.807) is 16.7 Å². The van der Waals surface area contributed by atoms with Crippen LogP contribution in [0.4, 0.5) is 0 Å². The maximum atomic E-state index is 12.2. The van der Waals surface area contributed by atoms with Crippen LogP contribution in [-0.4, -0.2) is 46.1 Å². The Labute approximate surface area is 167 Å². The molecule has 1 fully saturated rings. The van der Waals surface area contributed by atoms with Crippen LogP contribution in [0.25, 0.3) is 4.96 Å². The molecular formula is C18H24N5O3S2+. The van der Waals surface area contributed by atoms with Gasteiger partial charge < -0.3 is 4.90 Å². The van der Waals surface area contributed by atoms with Crippen LogP contribution in [0.2, 0.25) is 0 Å². The van der Waals surface area contributed by atoms with Gasteiger partial charge in [0.1, 0.15) is 18.8 Å². The second-order valence-electron chi connectivity index (χ2n) is 7.60. The zero-order valence-corrected chi connectivity index (χ0v) is 17.8. The van der Waals surface area contributed by atoms with Gasteiger partial charge in [0.2, 0.25) is 0 Å². The van der Waals surface area contributed by atoms with Crippen LogP contribution in [0.15, 0.2) is 22.4 Å². The third-order valence-electron chi connectivity index (χ3n) is 5.35. The molecule has 1 aliphatic heterocycles. The summed E-state index contributed by atoms with van der Waals surface area (Å²) in [5, 5.41) is 6.49. The van der Waals surface area contributed by atoms with Crippen molar-refractivity contribution in [2.75, 3.05) is 18.6 Å². The molecule has 0 amide bonds. The molecule has 10 heteroatoms. The number of rotatable bonds is 5. The van der Waals surface area contributed by atoms with Crippen LogP contribution in [0, 0.1) is 13.8 Å². The molecule has 28 heavy (non-hydrogen) atoms. The summed E-state index contributed by atoms with van der Waals surface area (Å²) in [4.78, 5) is 18.6. The Balaban J connectivity index is 1.52. The monoisotopic (exact) mass is 422 g/mol. The van der Waals surface area contributed by atoms with Gasteiger partial charge >= 0.3 is 0 Å². The molecule has 3 aromatic rings. The molecule has 3 aromatic heterocycles. The second kappa shape index (κ2) is 7.09. The average molecular weight is 423 g/mol. The largest absolute Gasteiger partial charge is 0.328 e. The van der Waals surface area contributed by atoms with Crippen molar-refractivity contribution in [1.29, 1.82) is 0 Å². The van der Waals surface area contributed by atoms with Gasteiger partial charge in [-0.3, -0.25) is 13.9 Å². The Kier molecular flexibility index (Phi) is 4.88. The normalized spacial score (nSPS) is 20.0. The number of thiazole rings is 1. The minimum absolute atomic E-state index is 0.0586. The van der Waals surface area contributed by atoms with Gasteiger partial charge in [0.25, 0.3) is 5.56 Å². The summed E-state index contributed by atoms with van der Waals surface area (Å²) in [7, 11) is -0.886. The van der Waals surface area contributed by atoms with Crippen molar-refractivity contribution in [3.63, 3.8) is 0 Å². The minimum Gasteiger partial charge on any atom is -0.328 e. The van der Waals surface area contributed by atoms with Crippen molar-refractivity contribution >= 4 is 26.1 Å². The fourth-order valence-electron chi connectivity index (χ4n) is 3.93. The maximum absolute atomic E-state index is 12.2. The predicted octanol–water partition coefficient (Wildman–Crippen LogP) is 0.144. The molecule has 8 nitrogen and oxygen atoms in total. The molecule has 0 saturated carbocycles. The van der Waals surface area contributed by atoms with E-state index >= 15 is 0 Å². The van der Waals surface area contributed by atoms with Crippen molar-refractivity contribution < 1.29 is 13.3 Å². The Hall–Kier alpha value is -2.04. The maximum Gasteiger partial charge on any atom is 0.258 e. The standard InChI is InChI=1S/C18H23N5O3S2/c1-12-16(13(2)23(20-12)15-4-7-28(25,26)11-15)10-21(3)9-14-8-17(24)22-5-6-27-18(22)19-14/h5-6,8,15H,4,7,9-11H2,1-3H3/p+1/t15-/m0/s1. The number of aromatic nitrogens is 4. The van der Waals surface area contributed by atoms with Gasteiger partial charge in [0, 0.05) is 23.3 Å². The van der Waals surface area contributed by atoms with Gasteiger partial charge in [-0.2, -0.15) is 5.10 Å². The van der Waals surface area contributed by atoms with E-state index in [1.165, 1.54) is 16.2 Å². The highest BCUT2D eigenvalue weighted by atomic mass is 32.2. The van der Waals surface area contributed by atoms with Gasteiger partial charge in [-0.1, -0.05) is 0 Å². The number of hydrogen-bond donors (Lipinski definition) is 1. The summed E-state index contributed by atoms with van der Waals surface area (Å²) in [5.74, 6) is 0.411. The number of aryl methyl sites for hydroxylation is 1. The molecule has 150 valence electrons. The van der Waals surface area contributed by atoms with Crippen LogP contribution in [-0.2, 0) is 22.9 Å². The van der Waals surface area contributed by atoms with Crippen LogP contribution in [0.3, 0.4) is 0 Å². The Bertz CT molecular complexity index is 1190. The molecular weight excluding hydrogens is 398 g/mol. The first-order valence-corrected chi connectivity index (χ1v) is 12.0. The lowest BCUT2D eigenvalue weighted by Crippen LogP contribution is -3.06. The van der Waals surface area contributed by atoms with Gasteiger partial charge in [-0.15, -0.1) is 11.3 Å². The van der Waals surface area contributed by atoms with Crippen molar-refractivity contribution in [3.05, 3.63) is 50.6 Å². The number of quaternary nitrogens is 1. The van der Waals surface area contributed by atoms with E-state index in [4.69, 9.17) is 0 Å². The first-order valence-electron chi connectivity index (χ1n) is 9.25. The van der Waals surface area contributed by atoms with Gasteiger partial charge in [0.15, 0.2) is 14.8 Å². The summed E-state index contributed by atoms with van der Waals surface area (Å²) in [6.45, 7) is 5.35. The Morgan fingerprint density at radius 3 is 2.82 bits per heavy atom. The lowest BCUT2D eigenvalue weighted by molar-refractivity contribution is -0.908. The predicted molar refractivity (Wildman–Crippen MR) is 108 cm³/mol. The van der Waals surface area contributed by atoms with Crippen LogP contribution >= 0.6 is 11.3 Å². The summed E-state index contributed by atoms with van der Waals surface area (Å²) < 4.78 is 27.1. The SMILES string of the molecule is Cc1nn([C@H]2CCS(=O)(=O)C2)c(C)c1C[NH+](C)Cc1cc(=O)n2ccsc2n1. The zero-order valence-electron chi connectivity index (χ0n) is 16.2. The summed E-state index contributed by atoms with van der Waals surface area (Å²) in [6.07, 6.45) is 2.36. The molecule has 0 bridgehead atoms. The van der Waals surface area contributed by atoms with Crippen LogP contribution < -0.4 is 10.5 Å². The van der Waals surface area contributed by atoms with Gasteiger partial charge in [-0.05, 0) is 20.3 Å². The quantitative estimate of drug-likeness (QED) is 0.632. The number of hydrogen-bond acceptors (Lipinski definition) is 6. The lowest BCUT2D eigenvalue weighted by atomic mass is 10.1. The van der Waals surface area contributed by atoms with Gasteiger partial charge in [0.05, 0.1) is 35.9 Å². The number of fused-ring (bicyclic) bond motifs is 1. The van der Waals surface area contributed by atoms with Gasteiger partial charge in [-0.25, -0.2) is 13.4 Å². The molecule has 0 aliphatic carbocycles. The molecule has 1 aliphatic rings. The molecule has 1 N–H and O–H groups in total. The zero-order chi connectivity index (χ0) is 20.1. The Morgan fingerprint density at radius 1 is 1.32 bits per heavy atom. The fraction of sp³-hybridized carbons (Fsp3) is 0.500. The first kappa shape index (κ1) is 19.3. The van der Waals surface area contributed by atoms with Crippen molar-refractivity contribution in [3.8, 4) is 0 Å². The molecule has 0 radical (unpaired) electrons. The highest BCUT2D eigenvalue weighted by molar-refractivity contribution is 7.91. The van der Waals surface area contributed by atoms with Crippen LogP contribution in [0.5, 0.6) is 0 Å². The fourth-order valence-corrected chi connectivity index (χ4v) is 6.36. The topological polar surface area (TPSA) is 90.8 Å². The highest BCUT2D eigenvalue weighted by Crippen LogP contribution is 2.26. The van der Waals surface area contributed by atoms with E-state index in [1.807, 2.05) is 23.9 Å². The summed E-state index contributed by atoms with van der Waals surface area (Å²) in [6, 6.07) is 1.52. The second-order valence-corrected chi connectivity index (χ2v) is 10.7. The van der Waals surface area contributed by atoms with Crippen molar-refractivity contribution in [1.82, 2.24) is 19.2 Å². The molecule has 0 aromatic carbocycles. The van der Waals surface area contributed by atoms with Crippen LogP contribution in [0.1, 0.15) is 35.1 Å². The minimum atomic E-state index is -2.95. The van der Waals surface area contributed by atoms with E-state index in [0.717, 1.165) is 29.2 Å². The third-order valence-corrected chi connectivity index (χ3v) is 7.85. The van der Waals surface area contributed by atoms with E-state index in [2.05, 4.69) is 17.1 Å². The van der Waals surface area contributed by atoms with E-state index in [9.17, 15) is 13.2 Å². The molecule has 1 saturated heterocycles. The molecule has 0 spiro atoms. The molecule has 4 rings (SSSR count). The van der Waals surface area contributed by atoms with E-state index < -0.39 is 9.84 Å². The van der Waals surface area contributed by atoms with E-state index in [-0.39, 0.29) is 23.1 Å². The number of nitrogens with zero attached hydrogens (tertiary/aromatic N) is 4. The van der Waals surface area contributed by atoms with Crippen molar-refractivity contribution in [2.24, 2.45) is 0 Å². The summed E-state index contributed by atoms with van der Waals surface area (Å²) in [5.41, 5.74) is 3.81. The average Bonchev–Trinajstić information content (AvgIpc) is 3.29. The van der Waals surface area contributed by atoms with Crippen molar-refractivity contribution in [2.45, 2.75) is 39.4 Å². The Morgan fingerprint density at radius 2 is 2.11 bits per heavy atom. The molecule has 4 heterocycles. The third kappa shape index (κ3) is 3.63. The first-order chi connectivity index (χ1) is 13.2. The molecule has 1 unspecified atom stereocenters. The highest BCUT2D eigenvalue weighted by Gasteiger charge is 2.31. The summed E-state index contributed by atoms with van der Waals surface area (Å²) >= 11 is 1.45.